The molecule has 4 aromatic rings. The highest BCUT2D eigenvalue weighted by Crippen LogP contribution is 2.70. The van der Waals surface area contributed by atoms with Crippen molar-refractivity contribution in [2.45, 2.75) is 126 Å². The third-order valence-corrected chi connectivity index (χ3v) is 15.7. The molecule has 2 aromatic heterocycles. The van der Waals surface area contributed by atoms with Gasteiger partial charge >= 0.3 is 6.18 Å². The Morgan fingerprint density at radius 2 is 1.88 bits per heavy atom. The van der Waals surface area contributed by atoms with E-state index in [9.17, 15) is 45.8 Å². The van der Waals surface area contributed by atoms with Crippen LogP contribution in [-0.2, 0) is 25.1 Å². The third-order valence-electron chi connectivity index (χ3n) is 12.0. The first kappa shape index (κ1) is 49.1. The van der Waals surface area contributed by atoms with Crippen LogP contribution in [0.4, 0.5) is 27.1 Å². The number of pyridine rings is 1. The summed E-state index contributed by atoms with van der Waals surface area (Å²) >= 11 is 8.23. The molecule has 3 amide bonds. The summed E-state index contributed by atoms with van der Waals surface area (Å²) in [7, 11) is -3.23. The third kappa shape index (κ3) is 11.1. The summed E-state index contributed by atoms with van der Waals surface area (Å²) in [4.78, 5) is 63.6. The van der Waals surface area contributed by atoms with E-state index in [1.807, 2.05) is 19.2 Å². The molecule has 5 N–H and O–H groups in total. The summed E-state index contributed by atoms with van der Waals surface area (Å²) in [5.41, 5.74) is 1.31. The van der Waals surface area contributed by atoms with Crippen molar-refractivity contribution < 1.29 is 60.3 Å². The van der Waals surface area contributed by atoms with E-state index >= 15 is 0 Å². The smallest absolute Gasteiger partial charge is 0.389 e. The van der Waals surface area contributed by atoms with Gasteiger partial charge in [0.15, 0.2) is 10.2 Å². The van der Waals surface area contributed by atoms with Gasteiger partial charge in [-0.3, -0.25) is 18.9 Å². The predicted octanol–water partition coefficient (Wildman–Crippen LogP) is 9.07. The Hall–Kier alpha value is -4.84. The average molecular weight is 982 g/mol. The molecule has 2 fully saturated rings. The normalized spacial score (nSPS) is 22.6. The SMILES string of the molecule is COc1ccc2c(OC3C[C@H]4C(=O)N[C@]5(P(=O)(O)Cc6c(F)cccc6F)CC5=CCCCCCC[C@H](NC(=O)CCCC(F)(F)F)C(=O)N4C3)cc(-c3csc(NC(C)C)n3)[nH+]c2c1Cl. The number of alkyl halides is 3. The number of hydrogen-bond donors (Lipinski definition) is 4. The Labute approximate surface area is 387 Å². The van der Waals surface area contributed by atoms with Crippen molar-refractivity contribution in [3.63, 3.8) is 0 Å². The molecule has 0 bridgehead atoms. The van der Waals surface area contributed by atoms with E-state index in [4.69, 9.17) is 26.1 Å². The quantitative estimate of drug-likeness (QED) is 0.0579. The van der Waals surface area contributed by atoms with Gasteiger partial charge in [0.2, 0.25) is 36.3 Å². The molecule has 1 saturated heterocycles. The van der Waals surface area contributed by atoms with Crippen LogP contribution in [0.1, 0.15) is 90.0 Å². The summed E-state index contributed by atoms with van der Waals surface area (Å²) in [5.74, 6) is -3.70. The number of halogens is 6. The van der Waals surface area contributed by atoms with Crippen LogP contribution in [0.5, 0.6) is 11.5 Å². The topological polar surface area (TPSA) is 173 Å². The van der Waals surface area contributed by atoms with Crippen molar-refractivity contribution in [2.75, 3.05) is 19.0 Å². The Bertz CT molecular complexity index is 2540. The van der Waals surface area contributed by atoms with Crippen LogP contribution in [0.25, 0.3) is 22.3 Å². The maximum absolute atomic E-state index is 14.9. The zero-order chi connectivity index (χ0) is 47.6. The minimum Gasteiger partial charge on any atom is -0.495 e. The largest absolute Gasteiger partial charge is 0.495 e. The molecule has 3 aliphatic rings. The number of allylic oxidation sites excluding steroid dienone is 1. The molecule has 5 atom stereocenters. The van der Waals surface area contributed by atoms with E-state index in [2.05, 4.69) is 20.9 Å². The van der Waals surface area contributed by atoms with Crippen LogP contribution in [0.3, 0.4) is 0 Å². The number of anilines is 1. The van der Waals surface area contributed by atoms with Gasteiger partial charge in [0.25, 0.3) is 0 Å². The molecule has 2 aromatic carbocycles. The number of H-pyrrole nitrogens is 1. The second-order valence-electron chi connectivity index (χ2n) is 17.3. The zero-order valence-corrected chi connectivity index (χ0v) is 39.0. The van der Waals surface area contributed by atoms with Crippen molar-refractivity contribution in [1.29, 1.82) is 0 Å². The molecule has 0 radical (unpaired) electrons. The van der Waals surface area contributed by atoms with Crippen molar-refractivity contribution in [2.24, 2.45) is 0 Å². The first-order valence-electron chi connectivity index (χ1n) is 21.8. The summed E-state index contributed by atoms with van der Waals surface area (Å²) in [5, 5.41) is 10.0. The number of rotatable bonds is 13. The fourth-order valence-electron chi connectivity index (χ4n) is 8.57. The highest BCUT2D eigenvalue weighted by Gasteiger charge is 2.63. The van der Waals surface area contributed by atoms with E-state index in [1.165, 1.54) is 23.3 Å². The number of thiazole rings is 1. The van der Waals surface area contributed by atoms with E-state index in [-0.39, 0.29) is 36.9 Å². The van der Waals surface area contributed by atoms with Gasteiger partial charge in [-0.2, -0.15) is 13.2 Å². The summed E-state index contributed by atoms with van der Waals surface area (Å²) in [6.45, 7) is 3.74. The molecule has 7 rings (SSSR count). The Morgan fingerprint density at radius 1 is 1.14 bits per heavy atom. The highest BCUT2D eigenvalue weighted by molar-refractivity contribution is 7.59. The molecule has 0 spiro atoms. The minimum absolute atomic E-state index is 0.0791. The summed E-state index contributed by atoms with van der Waals surface area (Å²) in [6.07, 6.45) is -4.03. The second kappa shape index (κ2) is 20.2. The van der Waals surface area contributed by atoms with Crippen molar-refractivity contribution >= 4 is 64.1 Å². The maximum atomic E-state index is 14.9. The van der Waals surface area contributed by atoms with Crippen molar-refractivity contribution in [3.05, 3.63) is 75.6 Å². The number of amides is 3. The Kier molecular flexibility index (Phi) is 15.0. The Morgan fingerprint density at radius 3 is 2.59 bits per heavy atom. The molecule has 1 saturated carbocycles. The fourth-order valence-corrected chi connectivity index (χ4v) is 12.0. The molecule has 356 valence electrons. The van der Waals surface area contributed by atoms with Gasteiger partial charge in [0.05, 0.1) is 31.3 Å². The standard InChI is InChI=1S/C45H51ClF5N6O7PS/c1-25(2)52-43-55-34(24-66-43)33-20-37(28-16-17-36(63-3)39(46)40(28)54-33)64-27-19-35-41(59)56-44(65(61,62)23-29-30(47)12-9-13-31(29)48)21-26(44)11-7-5-4-6-8-14-32(42(60)57(35)22-27)53-38(58)15-10-18-45(49,50)51/h9,11-13,16-17,20,24-25,27,32,35H,4-8,10,14-15,18-19,21-23H2,1-3H3,(H,52,55)(H,53,58)(H,56,59)(H,61,62)/p+1/t27?,32-,35-,44-/m0/s1. The number of nitrogens with zero attached hydrogens (tertiary/aromatic N) is 2. The number of benzene rings is 2. The van der Waals surface area contributed by atoms with Crippen LogP contribution in [0, 0.1) is 11.6 Å². The minimum atomic E-state index is -4.70. The number of methoxy groups -OCH3 is 1. The number of fused-ring (bicyclic) bond motifs is 3. The lowest BCUT2D eigenvalue weighted by molar-refractivity contribution is -0.331. The summed E-state index contributed by atoms with van der Waals surface area (Å²) in [6, 6.07) is 5.67. The lowest BCUT2D eigenvalue weighted by Crippen LogP contribution is -2.55. The average Bonchev–Trinajstić information content (AvgIpc) is 3.51. The summed E-state index contributed by atoms with van der Waals surface area (Å²) < 4.78 is 95.4. The number of carbonyl (C=O) groups is 3. The number of nitrogens with one attached hydrogen (secondary N) is 4. The highest BCUT2D eigenvalue weighted by atomic mass is 35.5. The van der Waals surface area contributed by atoms with E-state index < -0.39 is 97.4 Å². The van der Waals surface area contributed by atoms with E-state index in [1.54, 1.807) is 24.3 Å². The number of hydrogen-bond acceptors (Lipinski definition) is 9. The van der Waals surface area contributed by atoms with Crippen LogP contribution >= 0.6 is 30.3 Å². The number of ether oxygens (including phenoxy) is 2. The number of aromatic nitrogens is 2. The molecule has 13 nitrogen and oxygen atoms in total. The number of carbonyl (C=O) groups excluding carboxylic acids is 3. The van der Waals surface area contributed by atoms with Gasteiger partial charge in [-0.15, -0.1) is 11.3 Å². The molecular formula is C45H52ClF5N6O7PS+. The molecule has 2 unspecified atom stereocenters. The zero-order valence-electron chi connectivity index (χ0n) is 36.5. The van der Waals surface area contributed by atoms with Gasteiger partial charge < -0.3 is 35.2 Å². The Balaban J connectivity index is 1.25. The van der Waals surface area contributed by atoms with Crippen molar-refractivity contribution in [1.82, 2.24) is 20.5 Å². The van der Waals surface area contributed by atoms with Crippen LogP contribution in [0.15, 0.2) is 53.4 Å². The first-order chi connectivity index (χ1) is 31.3. The monoisotopic (exact) mass is 981 g/mol. The fraction of sp³-hybridized carbons (Fsp3) is 0.489. The van der Waals surface area contributed by atoms with Crippen LogP contribution in [0.2, 0.25) is 5.02 Å². The van der Waals surface area contributed by atoms with Gasteiger partial charge in [0, 0.05) is 42.7 Å². The predicted molar refractivity (Wildman–Crippen MR) is 239 cm³/mol. The lowest BCUT2D eigenvalue weighted by atomic mass is 10.0. The maximum Gasteiger partial charge on any atom is 0.389 e. The van der Waals surface area contributed by atoms with E-state index in [0.717, 1.165) is 18.2 Å². The van der Waals surface area contributed by atoms with Gasteiger partial charge in [-0.05, 0) is 69.4 Å². The van der Waals surface area contributed by atoms with Crippen LogP contribution in [-0.4, -0.2) is 81.8 Å². The molecule has 21 heteroatoms. The lowest BCUT2D eigenvalue weighted by Gasteiger charge is -2.31. The molecular weight excluding hydrogens is 930 g/mol. The molecule has 1 aliphatic carbocycles. The van der Waals surface area contributed by atoms with Crippen LogP contribution < -0.4 is 30.4 Å². The van der Waals surface area contributed by atoms with Gasteiger partial charge in [-0.1, -0.05) is 43.0 Å². The molecule has 66 heavy (non-hydrogen) atoms. The van der Waals surface area contributed by atoms with Gasteiger partial charge in [0.1, 0.15) is 52.3 Å². The van der Waals surface area contributed by atoms with E-state index in [0.29, 0.717) is 76.6 Å². The van der Waals surface area contributed by atoms with Crippen molar-refractivity contribution in [3.8, 4) is 22.9 Å². The number of aromatic amines is 1. The second-order valence-corrected chi connectivity index (χ2v) is 21.0. The van der Waals surface area contributed by atoms with Gasteiger partial charge in [-0.25, -0.2) is 18.7 Å². The molecule has 4 heterocycles. The first-order valence-corrected chi connectivity index (χ1v) is 24.9. The molecule has 2 aliphatic heterocycles.